The number of phenolic OH excluding ortho intramolecular Hbond substituents is 1. The number of aromatic hydroxyl groups is 1. The van der Waals surface area contributed by atoms with Gasteiger partial charge in [0, 0.05) is 0 Å². The lowest BCUT2D eigenvalue weighted by Gasteiger charge is -2.19. The Bertz CT molecular complexity index is 780. The van der Waals surface area contributed by atoms with E-state index in [-0.39, 0.29) is 34.3 Å². The van der Waals surface area contributed by atoms with Crippen molar-refractivity contribution in [1.82, 2.24) is 0 Å². The van der Waals surface area contributed by atoms with Crippen molar-refractivity contribution in [2.24, 2.45) is 0 Å². The van der Waals surface area contributed by atoms with Crippen LogP contribution in [0.15, 0.2) is 36.4 Å². The number of phenols is 1. The van der Waals surface area contributed by atoms with Crippen LogP contribution in [0.25, 0.3) is 6.08 Å². The Kier molecular flexibility index (Phi) is 5.89. The first-order valence-electron chi connectivity index (χ1n) is 7.45. The first kappa shape index (κ1) is 18.2. The van der Waals surface area contributed by atoms with Crippen LogP contribution in [0.5, 0.6) is 28.7 Å². The van der Waals surface area contributed by atoms with Gasteiger partial charge < -0.3 is 24.1 Å². The molecule has 0 aromatic heterocycles. The topological polar surface area (TPSA) is 74.2 Å². The van der Waals surface area contributed by atoms with E-state index in [0.717, 1.165) is 5.56 Å². The molecule has 0 atom stereocenters. The molecule has 0 saturated heterocycles. The molecule has 25 heavy (non-hydrogen) atoms. The molecule has 132 valence electrons. The van der Waals surface area contributed by atoms with E-state index in [1.54, 1.807) is 6.08 Å². The van der Waals surface area contributed by atoms with Gasteiger partial charge >= 0.3 is 0 Å². The summed E-state index contributed by atoms with van der Waals surface area (Å²) >= 11 is 0. The van der Waals surface area contributed by atoms with Crippen molar-refractivity contribution >= 4 is 11.9 Å². The Hall–Kier alpha value is -3.15. The highest BCUT2D eigenvalue weighted by molar-refractivity contribution is 6.12. The van der Waals surface area contributed by atoms with Gasteiger partial charge in [-0.3, -0.25) is 4.79 Å². The lowest BCUT2D eigenvalue weighted by molar-refractivity contribution is 0.104. The Balaban J connectivity index is 2.59. The summed E-state index contributed by atoms with van der Waals surface area (Å²) < 4.78 is 21.0. The van der Waals surface area contributed by atoms with Crippen LogP contribution in [-0.2, 0) is 0 Å². The zero-order valence-electron chi connectivity index (χ0n) is 14.5. The van der Waals surface area contributed by atoms with Crippen LogP contribution in [-0.4, -0.2) is 39.3 Å². The molecule has 1 N–H and O–H groups in total. The van der Waals surface area contributed by atoms with E-state index in [1.165, 1.54) is 34.5 Å². The molecule has 0 aliphatic rings. The van der Waals surface area contributed by atoms with Crippen LogP contribution < -0.4 is 18.9 Å². The number of hydrogen-bond donors (Lipinski definition) is 1. The molecule has 0 bridgehead atoms. The van der Waals surface area contributed by atoms with E-state index in [2.05, 4.69) is 0 Å². The van der Waals surface area contributed by atoms with Gasteiger partial charge in [0.2, 0.25) is 17.2 Å². The second-order valence-electron chi connectivity index (χ2n) is 4.96. The third-order valence-corrected chi connectivity index (χ3v) is 3.59. The maximum absolute atomic E-state index is 12.7. The van der Waals surface area contributed by atoms with Gasteiger partial charge in [0.05, 0.1) is 28.4 Å². The minimum absolute atomic E-state index is 0.00314. The predicted molar refractivity (Wildman–Crippen MR) is 94.1 cm³/mol. The molecule has 0 aliphatic carbocycles. The van der Waals surface area contributed by atoms with E-state index in [9.17, 15) is 9.90 Å². The Morgan fingerprint density at radius 2 is 1.36 bits per heavy atom. The number of rotatable bonds is 7. The summed E-state index contributed by atoms with van der Waals surface area (Å²) in [5.41, 5.74) is 0.783. The zero-order valence-corrected chi connectivity index (χ0v) is 14.5. The second kappa shape index (κ2) is 8.10. The highest BCUT2D eigenvalue weighted by Gasteiger charge is 2.30. The van der Waals surface area contributed by atoms with Gasteiger partial charge in [-0.1, -0.05) is 36.4 Å². The maximum Gasteiger partial charge on any atom is 0.211 e. The smallest absolute Gasteiger partial charge is 0.211 e. The number of carbonyl (C=O) groups excluding carboxylic acids is 1. The summed E-state index contributed by atoms with van der Waals surface area (Å²) in [6.07, 6.45) is 2.99. The molecule has 0 saturated carbocycles. The molecule has 0 radical (unpaired) electrons. The van der Waals surface area contributed by atoms with Crippen molar-refractivity contribution in [1.29, 1.82) is 0 Å². The molecule has 0 spiro atoms. The van der Waals surface area contributed by atoms with E-state index >= 15 is 0 Å². The van der Waals surface area contributed by atoms with Crippen molar-refractivity contribution in [3.8, 4) is 28.7 Å². The summed E-state index contributed by atoms with van der Waals surface area (Å²) in [6, 6.07) is 9.32. The molecule has 0 unspecified atom stereocenters. The monoisotopic (exact) mass is 344 g/mol. The Labute approximate surface area is 146 Å². The average Bonchev–Trinajstić information content (AvgIpc) is 2.65. The number of hydrogen-bond acceptors (Lipinski definition) is 6. The minimum Gasteiger partial charge on any atom is -0.504 e. The normalized spacial score (nSPS) is 10.6. The van der Waals surface area contributed by atoms with E-state index in [4.69, 9.17) is 18.9 Å². The number of methoxy groups -OCH3 is 4. The average molecular weight is 344 g/mol. The number of carbonyl (C=O) groups is 1. The van der Waals surface area contributed by atoms with Crippen LogP contribution >= 0.6 is 0 Å². The minimum atomic E-state index is -0.461. The standard InChI is InChI=1S/C19H20O6/c1-22-16-14(13(20)11-10-12-8-6-5-7-9-12)15(21)17(23-2)19(25-4)18(16)24-3/h5-11,21H,1-4H3. The molecular formula is C19H20O6. The first-order valence-corrected chi connectivity index (χ1v) is 7.45. The van der Waals surface area contributed by atoms with Crippen LogP contribution in [0.1, 0.15) is 15.9 Å². The SMILES string of the molecule is COc1c(O)c(C(=O)C=Cc2ccccc2)c(OC)c(OC)c1OC. The fourth-order valence-electron chi connectivity index (χ4n) is 2.45. The van der Waals surface area contributed by atoms with Crippen molar-refractivity contribution in [3.05, 3.63) is 47.5 Å². The highest BCUT2D eigenvalue weighted by Crippen LogP contribution is 2.53. The second-order valence-corrected chi connectivity index (χ2v) is 4.96. The first-order chi connectivity index (χ1) is 12.1. The van der Waals surface area contributed by atoms with Crippen LogP contribution in [0.3, 0.4) is 0 Å². The molecule has 0 fully saturated rings. The third kappa shape index (κ3) is 3.52. The van der Waals surface area contributed by atoms with Crippen molar-refractivity contribution < 1.29 is 28.8 Å². The Morgan fingerprint density at radius 3 is 1.88 bits per heavy atom. The van der Waals surface area contributed by atoms with Gasteiger partial charge in [0.25, 0.3) is 0 Å². The number of ketones is 1. The van der Waals surface area contributed by atoms with Crippen LogP contribution in [0.2, 0.25) is 0 Å². The Morgan fingerprint density at radius 1 is 0.840 bits per heavy atom. The summed E-state index contributed by atoms with van der Waals surface area (Å²) in [5.74, 6) is -0.465. The van der Waals surface area contributed by atoms with Gasteiger partial charge in [-0.25, -0.2) is 0 Å². The summed E-state index contributed by atoms with van der Waals surface area (Å²) in [4.78, 5) is 12.7. The predicted octanol–water partition coefficient (Wildman–Crippen LogP) is 3.32. The van der Waals surface area contributed by atoms with Gasteiger partial charge in [0.1, 0.15) is 5.56 Å². The summed E-state index contributed by atoms with van der Waals surface area (Å²) in [7, 11) is 5.54. The molecular weight excluding hydrogens is 324 g/mol. The van der Waals surface area contributed by atoms with Crippen LogP contribution in [0, 0.1) is 0 Å². The lowest BCUT2D eigenvalue weighted by atomic mass is 10.0. The van der Waals surface area contributed by atoms with E-state index in [1.807, 2.05) is 30.3 Å². The molecule has 0 aliphatic heterocycles. The fourth-order valence-corrected chi connectivity index (χ4v) is 2.45. The number of benzene rings is 2. The molecule has 6 nitrogen and oxygen atoms in total. The van der Waals surface area contributed by atoms with Crippen molar-refractivity contribution in [2.45, 2.75) is 0 Å². The highest BCUT2D eigenvalue weighted by atomic mass is 16.5. The molecule has 0 amide bonds. The third-order valence-electron chi connectivity index (χ3n) is 3.59. The number of allylic oxidation sites excluding steroid dienone is 1. The molecule has 2 aromatic rings. The molecule has 2 aromatic carbocycles. The van der Waals surface area contributed by atoms with Gasteiger partial charge in [-0.2, -0.15) is 0 Å². The maximum atomic E-state index is 12.7. The van der Waals surface area contributed by atoms with Crippen LogP contribution in [0.4, 0.5) is 0 Å². The zero-order chi connectivity index (χ0) is 18.4. The van der Waals surface area contributed by atoms with Crippen molar-refractivity contribution in [2.75, 3.05) is 28.4 Å². The van der Waals surface area contributed by atoms with Crippen molar-refractivity contribution in [3.63, 3.8) is 0 Å². The number of ether oxygens (including phenoxy) is 4. The summed E-state index contributed by atoms with van der Waals surface area (Å²) in [6.45, 7) is 0. The van der Waals surface area contributed by atoms with Gasteiger partial charge in [0.15, 0.2) is 17.3 Å². The quantitative estimate of drug-likeness (QED) is 0.613. The molecule has 0 heterocycles. The van der Waals surface area contributed by atoms with Gasteiger partial charge in [-0.15, -0.1) is 0 Å². The van der Waals surface area contributed by atoms with Gasteiger partial charge in [-0.05, 0) is 11.6 Å². The largest absolute Gasteiger partial charge is 0.504 e. The molecule has 6 heteroatoms. The van der Waals surface area contributed by atoms with E-state index in [0.29, 0.717) is 0 Å². The van der Waals surface area contributed by atoms with E-state index < -0.39 is 5.78 Å². The molecule has 2 rings (SSSR count). The lowest BCUT2D eigenvalue weighted by Crippen LogP contribution is -2.05. The fraction of sp³-hybridized carbons (Fsp3) is 0.211. The summed E-state index contributed by atoms with van der Waals surface area (Å²) in [5, 5.41) is 10.5.